The lowest BCUT2D eigenvalue weighted by Gasteiger charge is -2.22. The Morgan fingerprint density at radius 1 is 0.212 bits per heavy atom. The van der Waals surface area contributed by atoms with E-state index in [0.29, 0.717) is 0 Å². The summed E-state index contributed by atoms with van der Waals surface area (Å²) in [6.07, 6.45) is 0. The van der Waals surface area contributed by atoms with E-state index in [2.05, 4.69) is 408 Å². The van der Waals surface area contributed by atoms with E-state index in [-0.39, 0.29) is 5.41 Å². The minimum absolute atomic E-state index is 0.136. The lowest BCUT2D eigenvalue weighted by molar-refractivity contribution is 0.661. The molecule has 0 aliphatic heterocycles. The second-order valence-electron chi connectivity index (χ2n) is 30.5. The van der Waals surface area contributed by atoms with E-state index in [4.69, 9.17) is 19.9 Å². The number of fused-ring (bicyclic) bond motifs is 23. The molecule has 24 rings (SSSR count). The molecule has 0 N–H and O–H groups in total. The van der Waals surface area contributed by atoms with Crippen LogP contribution in [0.2, 0.25) is 0 Å². The fraction of sp³-hybridized carbons (Fsp3) is 0.0286. The molecular weight excluding hydrogens is 1370 g/mol. The first-order valence-corrected chi connectivity index (χ1v) is 38.7. The van der Waals surface area contributed by atoms with Crippen molar-refractivity contribution in [2.75, 3.05) is 0 Å². The van der Waals surface area contributed by atoms with Crippen molar-refractivity contribution in [1.82, 2.24) is 37.9 Å². The highest BCUT2D eigenvalue weighted by atomic mass is 15.2. The molecule has 0 bridgehead atoms. The summed E-state index contributed by atoms with van der Waals surface area (Å²) in [4.78, 5) is 21.1. The molecular formula is C105H68N8. The van der Waals surface area contributed by atoms with Crippen LogP contribution in [0, 0.1) is 0 Å². The van der Waals surface area contributed by atoms with Crippen molar-refractivity contribution in [1.29, 1.82) is 0 Å². The second kappa shape index (κ2) is 25.1. The first kappa shape index (κ1) is 64.2. The van der Waals surface area contributed by atoms with E-state index in [1.165, 1.54) is 132 Å². The van der Waals surface area contributed by atoms with Gasteiger partial charge in [0.15, 0.2) is 0 Å². The van der Waals surface area contributed by atoms with Crippen LogP contribution >= 0.6 is 0 Å². The summed E-state index contributed by atoms with van der Waals surface area (Å²) in [6, 6.07) is 136. The third kappa shape index (κ3) is 10.1. The fourth-order valence-corrected chi connectivity index (χ4v) is 18.3. The summed E-state index contributed by atoms with van der Waals surface area (Å²) >= 11 is 0. The Morgan fingerprint density at radius 3 is 0.982 bits per heavy atom. The van der Waals surface area contributed by atoms with Crippen LogP contribution < -0.4 is 0 Å². The van der Waals surface area contributed by atoms with Crippen LogP contribution in [0.5, 0.6) is 0 Å². The van der Waals surface area contributed by atoms with Gasteiger partial charge in [-0.1, -0.05) is 275 Å². The maximum absolute atomic E-state index is 5.42. The fourth-order valence-electron chi connectivity index (χ4n) is 18.3. The summed E-state index contributed by atoms with van der Waals surface area (Å²) < 4.78 is 9.15. The summed E-state index contributed by atoms with van der Waals surface area (Å²) in [7, 11) is 0. The molecule has 6 heterocycles. The van der Waals surface area contributed by atoms with Crippen LogP contribution in [-0.4, -0.2) is 37.9 Å². The third-order valence-electron chi connectivity index (χ3n) is 23.8. The van der Waals surface area contributed by atoms with Gasteiger partial charge in [0, 0.05) is 37.7 Å². The molecule has 0 unspecified atom stereocenters. The summed E-state index contributed by atoms with van der Waals surface area (Å²) in [5, 5.41) is 11.8. The van der Waals surface area contributed by atoms with Gasteiger partial charge >= 0.3 is 0 Å². The largest absolute Gasteiger partial charge is 0.279 e. The summed E-state index contributed by atoms with van der Waals surface area (Å²) in [5.74, 6) is 1.65. The highest BCUT2D eigenvalue weighted by Crippen LogP contribution is 2.52. The average molecular weight is 1440 g/mol. The number of rotatable bonds is 8. The molecule has 0 radical (unpaired) electrons. The smallest absolute Gasteiger partial charge is 0.221 e. The zero-order valence-corrected chi connectivity index (χ0v) is 61.9. The molecule has 8 heteroatoms. The van der Waals surface area contributed by atoms with Crippen LogP contribution in [0.25, 0.3) is 210 Å². The van der Waals surface area contributed by atoms with Crippen LogP contribution in [0.1, 0.15) is 25.0 Å². The summed E-state index contributed by atoms with van der Waals surface area (Å²) in [5.41, 5.74) is 31.8. The zero-order valence-electron chi connectivity index (χ0n) is 61.9. The minimum Gasteiger partial charge on any atom is -0.279 e. The predicted octanol–water partition coefficient (Wildman–Crippen LogP) is 26.9. The third-order valence-corrected chi connectivity index (χ3v) is 23.8. The molecule has 528 valence electrons. The Bertz CT molecular complexity index is 7820. The van der Waals surface area contributed by atoms with Crippen molar-refractivity contribution in [2.45, 2.75) is 19.3 Å². The van der Waals surface area contributed by atoms with Gasteiger partial charge in [0.2, 0.25) is 11.9 Å². The quantitative estimate of drug-likeness (QED) is 0.152. The van der Waals surface area contributed by atoms with Crippen molar-refractivity contribution in [3.63, 3.8) is 0 Å². The normalized spacial score (nSPS) is 12.6. The molecule has 1 aliphatic carbocycles. The maximum Gasteiger partial charge on any atom is 0.221 e. The van der Waals surface area contributed by atoms with Crippen molar-refractivity contribution in [3.05, 3.63) is 387 Å². The van der Waals surface area contributed by atoms with Gasteiger partial charge in [-0.2, -0.15) is 0 Å². The van der Waals surface area contributed by atoms with Crippen molar-refractivity contribution < 1.29 is 0 Å². The van der Waals surface area contributed by atoms with Gasteiger partial charge in [-0.25, -0.2) is 19.9 Å². The molecule has 113 heavy (non-hydrogen) atoms. The molecule has 0 amide bonds. The van der Waals surface area contributed by atoms with Crippen molar-refractivity contribution in [3.8, 4) is 89.8 Å². The van der Waals surface area contributed by atoms with Gasteiger partial charge < -0.3 is 0 Å². The van der Waals surface area contributed by atoms with Crippen LogP contribution in [-0.2, 0) is 5.41 Å². The van der Waals surface area contributed by atoms with Crippen molar-refractivity contribution in [2.24, 2.45) is 0 Å². The predicted molar refractivity (Wildman–Crippen MR) is 470 cm³/mol. The van der Waals surface area contributed by atoms with Gasteiger partial charge in [0.25, 0.3) is 0 Å². The Kier molecular flexibility index (Phi) is 14.3. The lowest BCUT2D eigenvalue weighted by Crippen LogP contribution is -2.15. The standard InChI is InChI=1S/C54H34N4.C51H34N4/c1-3-13-35(14-4-1)41-31-42(36-15-5-2-6-16-36)33-43(32-41)38-25-23-37(24-26-38)40-28-29-49-46(34-40)52-44-18-8-7-17-39(44)27-30-51(52)57(49)54-56-47-20-10-9-19-45(47)53-55-48-21-11-12-22-50(48)58(53)54;1-51(2)41-29-34(31-12-4-3-5-13-31)20-24-37(41)38-25-21-35(30-42(38)51)33-23-26-45-40(28-33)48-36-15-7-6-14-32(36)22-27-47(48)54(45)50-53-43-17-9-8-16-39(43)49-52-44-18-10-11-19-46(44)55(49)50/h1-34H;3-30H,1-2H3. The van der Waals surface area contributed by atoms with E-state index in [1.54, 1.807) is 0 Å². The highest BCUT2D eigenvalue weighted by Gasteiger charge is 2.36. The second-order valence-corrected chi connectivity index (χ2v) is 30.5. The number of imidazole rings is 2. The Morgan fingerprint density at radius 2 is 0.531 bits per heavy atom. The van der Waals surface area contributed by atoms with Crippen LogP contribution in [0.3, 0.4) is 0 Å². The Hall–Kier alpha value is -14.9. The van der Waals surface area contributed by atoms with E-state index >= 15 is 0 Å². The monoisotopic (exact) mass is 1440 g/mol. The van der Waals surface area contributed by atoms with E-state index in [1.807, 2.05) is 0 Å². The topological polar surface area (TPSA) is 70.2 Å². The molecule has 8 nitrogen and oxygen atoms in total. The number of hydrogen-bond donors (Lipinski definition) is 0. The molecule has 0 saturated carbocycles. The Labute approximate surface area is 650 Å². The van der Waals surface area contributed by atoms with E-state index in [9.17, 15) is 0 Å². The Balaban J connectivity index is 0.000000135. The average Bonchev–Trinajstić information content (AvgIpc) is 1.62. The van der Waals surface area contributed by atoms with Gasteiger partial charge in [0.1, 0.15) is 11.3 Å². The lowest BCUT2D eigenvalue weighted by atomic mass is 9.81. The molecule has 0 atom stereocenters. The van der Waals surface area contributed by atoms with Gasteiger partial charge in [-0.15, -0.1) is 0 Å². The maximum atomic E-state index is 5.42. The number of para-hydroxylation sites is 6. The molecule has 6 aromatic heterocycles. The SMILES string of the molecule is CC1(C)c2cc(-c3ccccc3)ccc2-c2ccc(-c3ccc4c(c3)c3c5ccccc5ccc3n4-c3nc4ccccc4c4nc5ccccc5n34)cc21.c1ccc(-c2cc(-c3ccccc3)cc(-c3ccc(-c4ccc5c(c4)c4c6ccccc6ccc4n5-c4nc5ccccc5c5nc6ccccc6n45)cc3)c2)cc1. The first-order chi connectivity index (χ1) is 55.8. The van der Waals surface area contributed by atoms with Gasteiger partial charge in [-0.05, 0) is 226 Å². The number of nitrogens with zero attached hydrogens (tertiary/aromatic N) is 8. The number of hydrogen-bond acceptors (Lipinski definition) is 4. The minimum atomic E-state index is -0.136. The molecule has 17 aromatic carbocycles. The molecule has 23 aromatic rings. The molecule has 0 saturated heterocycles. The van der Waals surface area contributed by atoms with E-state index in [0.717, 1.165) is 89.1 Å². The molecule has 0 spiro atoms. The van der Waals surface area contributed by atoms with Crippen LogP contribution in [0.4, 0.5) is 0 Å². The highest BCUT2D eigenvalue weighted by molar-refractivity contribution is 6.23. The number of aromatic nitrogens is 8. The first-order valence-electron chi connectivity index (χ1n) is 38.7. The van der Waals surface area contributed by atoms with Gasteiger partial charge in [-0.3, -0.25) is 17.9 Å². The van der Waals surface area contributed by atoms with Crippen molar-refractivity contribution >= 4 is 120 Å². The molecule has 1 aliphatic rings. The molecule has 0 fully saturated rings. The van der Waals surface area contributed by atoms with E-state index < -0.39 is 0 Å². The van der Waals surface area contributed by atoms with Gasteiger partial charge in [0.05, 0.1) is 55.2 Å². The van der Waals surface area contributed by atoms with Crippen LogP contribution in [0.15, 0.2) is 376 Å². The number of benzene rings is 17. The zero-order chi connectivity index (χ0) is 74.6. The summed E-state index contributed by atoms with van der Waals surface area (Å²) in [6.45, 7) is 4.74.